The Morgan fingerprint density at radius 2 is 1.62 bits per heavy atom. The second-order valence-corrected chi connectivity index (χ2v) is 10.1. The number of hydrogen-bond acceptors (Lipinski definition) is 6. The number of phenolic OH excluding ortho intramolecular Hbond substituents is 1. The van der Waals surface area contributed by atoms with Gasteiger partial charge < -0.3 is 24.6 Å². The van der Waals surface area contributed by atoms with E-state index in [1.165, 1.54) is 24.1 Å². The molecule has 0 bridgehead atoms. The Hall–Kier alpha value is -4.26. The number of aromatic hydroxyl groups is 1. The fraction of sp³-hybridized carbons (Fsp3) is 0.267. The number of phenols is 1. The zero-order chi connectivity index (χ0) is 26.9. The summed E-state index contributed by atoms with van der Waals surface area (Å²) in [5, 5.41) is 21.2. The van der Waals surface area contributed by atoms with Gasteiger partial charge >= 0.3 is 0 Å². The van der Waals surface area contributed by atoms with Crippen LogP contribution >= 0.6 is 0 Å². The number of ether oxygens (including phenoxy) is 2. The topological polar surface area (TPSA) is 96.3 Å². The molecule has 0 aromatic heterocycles. The quantitative estimate of drug-likeness (QED) is 0.263. The van der Waals surface area contributed by atoms with E-state index in [4.69, 9.17) is 9.47 Å². The fourth-order valence-corrected chi connectivity index (χ4v) is 4.41. The van der Waals surface area contributed by atoms with Crippen LogP contribution in [0.4, 0.5) is 0 Å². The van der Waals surface area contributed by atoms with Gasteiger partial charge in [0.05, 0.1) is 24.3 Å². The number of methoxy groups -OCH3 is 1. The van der Waals surface area contributed by atoms with Crippen LogP contribution in [0.3, 0.4) is 0 Å². The summed E-state index contributed by atoms with van der Waals surface area (Å²) in [4.78, 5) is 28.1. The van der Waals surface area contributed by atoms with E-state index in [-0.39, 0.29) is 29.2 Å². The Bertz CT molecular complexity index is 1350. The van der Waals surface area contributed by atoms with E-state index >= 15 is 0 Å². The van der Waals surface area contributed by atoms with E-state index < -0.39 is 17.7 Å². The summed E-state index contributed by atoms with van der Waals surface area (Å²) in [7, 11) is 1.48. The molecule has 4 rings (SSSR count). The molecule has 1 unspecified atom stereocenters. The molecule has 0 saturated carbocycles. The standard InChI is InChI=1S/C30H31NO6/c1-18-6-15-24(36-5)23(16-18)27(33)25-26(20-9-11-21(32)12-10-20)31(29(35)28(25)34)17-19-7-13-22(14-8-19)37-30(2,3)4/h6-16,26,32-33H,17H2,1-5H3/b27-25+. The monoisotopic (exact) mass is 501 g/mol. The van der Waals surface area contributed by atoms with E-state index in [2.05, 4.69) is 0 Å². The van der Waals surface area contributed by atoms with Gasteiger partial charge in [-0.3, -0.25) is 9.59 Å². The number of rotatable bonds is 6. The Balaban J connectivity index is 1.80. The van der Waals surface area contributed by atoms with Crippen LogP contribution < -0.4 is 9.47 Å². The normalized spacial score (nSPS) is 17.2. The van der Waals surface area contributed by atoms with Crippen LogP contribution in [0, 0.1) is 6.92 Å². The highest BCUT2D eigenvalue weighted by atomic mass is 16.5. The van der Waals surface area contributed by atoms with Gasteiger partial charge in [0.25, 0.3) is 11.7 Å². The minimum absolute atomic E-state index is 0.0349. The molecule has 1 aliphatic heterocycles. The van der Waals surface area contributed by atoms with Crippen molar-refractivity contribution < 1.29 is 29.3 Å². The van der Waals surface area contributed by atoms with Crippen molar-refractivity contribution >= 4 is 17.4 Å². The van der Waals surface area contributed by atoms with Crippen molar-refractivity contribution in [1.29, 1.82) is 0 Å². The van der Waals surface area contributed by atoms with Crippen molar-refractivity contribution in [3.63, 3.8) is 0 Å². The summed E-state index contributed by atoms with van der Waals surface area (Å²) in [6, 6.07) is 18.0. The van der Waals surface area contributed by atoms with Crippen LogP contribution in [0.2, 0.25) is 0 Å². The lowest BCUT2D eigenvalue weighted by Crippen LogP contribution is -2.29. The Labute approximate surface area is 216 Å². The molecular formula is C30H31NO6. The van der Waals surface area contributed by atoms with E-state index in [0.29, 0.717) is 22.6 Å². The number of carbonyl (C=O) groups is 2. The lowest BCUT2D eigenvalue weighted by atomic mass is 9.94. The molecule has 1 fully saturated rings. The van der Waals surface area contributed by atoms with Crippen LogP contribution in [0.1, 0.15) is 49.1 Å². The number of aliphatic hydroxyl groups excluding tert-OH is 1. The van der Waals surface area contributed by atoms with Crippen molar-refractivity contribution in [3.8, 4) is 17.2 Å². The summed E-state index contributed by atoms with van der Waals surface area (Å²) in [5.74, 6) is -0.690. The van der Waals surface area contributed by atoms with Gasteiger partial charge in [-0.25, -0.2) is 0 Å². The molecule has 0 aliphatic carbocycles. The smallest absolute Gasteiger partial charge is 0.295 e. The molecule has 1 aliphatic rings. The predicted octanol–water partition coefficient (Wildman–Crippen LogP) is 5.51. The van der Waals surface area contributed by atoms with Gasteiger partial charge in [-0.15, -0.1) is 0 Å². The van der Waals surface area contributed by atoms with Crippen molar-refractivity contribution in [1.82, 2.24) is 4.90 Å². The highest BCUT2D eigenvalue weighted by Gasteiger charge is 2.46. The second kappa shape index (κ2) is 10.0. The molecule has 0 radical (unpaired) electrons. The Morgan fingerprint density at radius 1 is 0.973 bits per heavy atom. The molecule has 2 N–H and O–H groups in total. The lowest BCUT2D eigenvalue weighted by molar-refractivity contribution is -0.140. The van der Waals surface area contributed by atoms with E-state index in [9.17, 15) is 19.8 Å². The predicted molar refractivity (Wildman–Crippen MR) is 141 cm³/mol. The van der Waals surface area contributed by atoms with Crippen LogP contribution in [0.5, 0.6) is 17.2 Å². The first-order valence-corrected chi connectivity index (χ1v) is 12.0. The van der Waals surface area contributed by atoms with Crippen LogP contribution in [-0.4, -0.2) is 39.5 Å². The Kier molecular flexibility index (Phi) is 6.99. The third-order valence-electron chi connectivity index (χ3n) is 6.06. The SMILES string of the molecule is COc1ccc(C)cc1/C(O)=C1\C(=O)C(=O)N(Cc2ccc(OC(C)(C)C)cc2)C1c1ccc(O)cc1. The third kappa shape index (κ3) is 5.45. The van der Waals surface area contributed by atoms with Crippen molar-refractivity contribution in [2.75, 3.05) is 7.11 Å². The number of ketones is 1. The number of hydrogen-bond donors (Lipinski definition) is 2. The number of benzene rings is 3. The molecule has 1 amide bonds. The Morgan fingerprint density at radius 3 is 2.22 bits per heavy atom. The maximum Gasteiger partial charge on any atom is 0.295 e. The number of amides is 1. The summed E-state index contributed by atoms with van der Waals surface area (Å²) < 4.78 is 11.3. The summed E-state index contributed by atoms with van der Waals surface area (Å²) in [6.07, 6.45) is 0. The van der Waals surface area contributed by atoms with E-state index in [1.807, 2.05) is 58.0 Å². The second-order valence-electron chi connectivity index (χ2n) is 10.1. The number of aryl methyl sites for hydroxylation is 1. The first-order valence-electron chi connectivity index (χ1n) is 12.0. The number of likely N-dealkylation sites (tertiary alicyclic amines) is 1. The van der Waals surface area contributed by atoms with Gasteiger partial charge in [0.2, 0.25) is 0 Å². The summed E-state index contributed by atoms with van der Waals surface area (Å²) in [5.41, 5.74) is 2.17. The largest absolute Gasteiger partial charge is 0.508 e. The molecule has 3 aromatic carbocycles. The zero-order valence-corrected chi connectivity index (χ0v) is 21.6. The lowest BCUT2D eigenvalue weighted by Gasteiger charge is -2.26. The number of Topliss-reactive ketones (excluding diaryl/α,β-unsaturated/α-hetero) is 1. The van der Waals surface area contributed by atoms with Crippen molar-refractivity contribution in [2.24, 2.45) is 0 Å². The molecule has 37 heavy (non-hydrogen) atoms. The van der Waals surface area contributed by atoms with Gasteiger partial charge in [0.15, 0.2) is 0 Å². The number of nitrogens with zero attached hydrogens (tertiary/aromatic N) is 1. The molecule has 1 saturated heterocycles. The summed E-state index contributed by atoms with van der Waals surface area (Å²) >= 11 is 0. The minimum Gasteiger partial charge on any atom is -0.508 e. The van der Waals surface area contributed by atoms with Gasteiger partial charge in [-0.1, -0.05) is 35.9 Å². The minimum atomic E-state index is -0.865. The van der Waals surface area contributed by atoms with Crippen molar-refractivity contribution in [2.45, 2.75) is 45.9 Å². The van der Waals surface area contributed by atoms with Gasteiger partial charge in [-0.2, -0.15) is 0 Å². The fourth-order valence-electron chi connectivity index (χ4n) is 4.41. The average molecular weight is 502 g/mol. The van der Waals surface area contributed by atoms with Crippen molar-refractivity contribution in [3.05, 3.63) is 94.6 Å². The van der Waals surface area contributed by atoms with Gasteiger partial charge in [0, 0.05) is 6.54 Å². The molecule has 0 spiro atoms. The van der Waals surface area contributed by atoms with E-state index in [0.717, 1.165) is 11.1 Å². The first-order chi connectivity index (χ1) is 17.5. The summed E-state index contributed by atoms with van der Waals surface area (Å²) in [6.45, 7) is 7.87. The molecule has 1 heterocycles. The van der Waals surface area contributed by atoms with Crippen LogP contribution in [0.25, 0.3) is 5.76 Å². The molecule has 192 valence electrons. The molecular weight excluding hydrogens is 470 g/mol. The van der Waals surface area contributed by atoms with E-state index in [1.54, 1.807) is 24.3 Å². The highest BCUT2D eigenvalue weighted by Crippen LogP contribution is 2.42. The maximum atomic E-state index is 13.3. The first kappa shape index (κ1) is 25.8. The maximum absolute atomic E-state index is 13.3. The third-order valence-corrected chi connectivity index (χ3v) is 6.06. The average Bonchev–Trinajstić information content (AvgIpc) is 3.09. The number of carbonyl (C=O) groups excluding carboxylic acids is 2. The van der Waals surface area contributed by atoms with Crippen LogP contribution in [0.15, 0.2) is 72.3 Å². The molecule has 1 atom stereocenters. The molecule has 3 aromatic rings. The van der Waals surface area contributed by atoms with Gasteiger partial charge in [0.1, 0.15) is 28.6 Å². The molecule has 7 nitrogen and oxygen atoms in total. The highest BCUT2D eigenvalue weighted by molar-refractivity contribution is 6.46. The molecule has 7 heteroatoms. The number of aliphatic hydroxyl groups is 1. The zero-order valence-electron chi connectivity index (χ0n) is 21.6. The van der Waals surface area contributed by atoms with Gasteiger partial charge in [-0.05, 0) is 75.2 Å². The van der Waals surface area contributed by atoms with Crippen LogP contribution in [-0.2, 0) is 16.1 Å².